The highest BCUT2D eigenvalue weighted by Crippen LogP contribution is 2.32. The van der Waals surface area contributed by atoms with Crippen molar-refractivity contribution in [3.05, 3.63) is 70.1 Å². The Labute approximate surface area is 161 Å². The number of aryl methyl sites for hydroxylation is 1. The highest BCUT2D eigenvalue weighted by atomic mass is 32.2. The molecule has 0 saturated carbocycles. The SMILES string of the molecule is Cc1ccc(COc2ccc(/C=C3\SC(=O)N(CC(N)=O)C3=O)cc2)cc1. The van der Waals surface area contributed by atoms with E-state index in [1.165, 1.54) is 5.56 Å². The number of benzene rings is 2. The molecule has 3 amide bonds. The van der Waals surface area contributed by atoms with Crippen LogP contribution in [0.5, 0.6) is 5.75 Å². The van der Waals surface area contributed by atoms with Gasteiger partial charge in [-0.05, 0) is 48.0 Å². The molecule has 2 N–H and O–H groups in total. The van der Waals surface area contributed by atoms with Gasteiger partial charge in [0.15, 0.2) is 0 Å². The zero-order chi connectivity index (χ0) is 19.4. The molecule has 0 aromatic heterocycles. The lowest BCUT2D eigenvalue weighted by Gasteiger charge is -2.08. The predicted molar refractivity (Wildman–Crippen MR) is 104 cm³/mol. The van der Waals surface area contributed by atoms with Crippen LogP contribution >= 0.6 is 11.8 Å². The van der Waals surface area contributed by atoms with Crippen molar-refractivity contribution in [3.63, 3.8) is 0 Å². The summed E-state index contributed by atoms with van der Waals surface area (Å²) in [6, 6.07) is 15.3. The summed E-state index contributed by atoms with van der Waals surface area (Å²) in [6.07, 6.45) is 1.61. The van der Waals surface area contributed by atoms with E-state index in [0.717, 1.165) is 27.8 Å². The summed E-state index contributed by atoms with van der Waals surface area (Å²) in [5.74, 6) is -0.535. The molecular weight excluding hydrogens is 364 g/mol. The number of amides is 3. The molecule has 0 unspecified atom stereocenters. The van der Waals surface area contributed by atoms with E-state index in [1.54, 1.807) is 30.3 Å². The summed E-state index contributed by atoms with van der Waals surface area (Å²) in [5.41, 5.74) is 8.09. The van der Waals surface area contributed by atoms with Crippen LogP contribution in [0.1, 0.15) is 16.7 Å². The van der Waals surface area contributed by atoms with Crippen LogP contribution in [-0.4, -0.2) is 28.5 Å². The highest BCUT2D eigenvalue weighted by Gasteiger charge is 2.35. The first-order valence-corrected chi connectivity index (χ1v) is 9.06. The molecule has 1 saturated heterocycles. The summed E-state index contributed by atoms with van der Waals surface area (Å²) < 4.78 is 5.75. The number of carbonyl (C=O) groups excluding carboxylic acids is 3. The van der Waals surface area contributed by atoms with Gasteiger partial charge in [0.1, 0.15) is 18.9 Å². The Kier molecular flexibility index (Phi) is 5.61. The third-order valence-corrected chi connectivity index (χ3v) is 4.80. The fourth-order valence-corrected chi connectivity index (χ4v) is 3.29. The van der Waals surface area contributed by atoms with E-state index >= 15 is 0 Å². The number of thioether (sulfide) groups is 1. The van der Waals surface area contributed by atoms with Crippen molar-refractivity contribution in [3.8, 4) is 5.75 Å². The molecule has 6 nitrogen and oxygen atoms in total. The molecule has 7 heteroatoms. The summed E-state index contributed by atoms with van der Waals surface area (Å²) in [5, 5.41) is -0.497. The Morgan fingerprint density at radius 3 is 2.41 bits per heavy atom. The van der Waals surface area contributed by atoms with Crippen LogP contribution in [0, 0.1) is 6.92 Å². The van der Waals surface area contributed by atoms with Crippen LogP contribution in [0.25, 0.3) is 6.08 Å². The van der Waals surface area contributed by atoms with Crippen molar-refractivity contribution >= 4 is 34.9 Å². The van der Waals surface area contributed by atoms with Crippen LogP contribution in [-0.2, 0) is 16.2 Å². The lowest BCUT2D eigenvalue weighted by atomic mass is 10.1. The number of carbonyl (C=O) groups is 3. The minimum Gasteiger partial charge on any atom is -0.489 e. The molecule has 27 heavy (non-hydrogen) atoms. The lowest BCUT2D eigenvalue weighted by molar-refractivity contribution is -0.127. The maximum atomic E-state index is 12.2. The zero-order valence-electron chi connectivity index (χ0n) is 14.7. The van der Waals surface area contributed by atoms with E-state index in [1.807, 2.05) is 31.2 Å². The van der Waals surface area contributed by atoms with Gasteiger partial charge < -0.3 is 10.5 Å². The molecule has 2 aromatic rings. The van der Waals surface area contributed by atoms with Gasteiger partial charge in [-0.1, -0.05) is 42.0 Å². The molecule has 3 rings (SSSR count). The number of rotatable bonds is 6. The summed E-state index contributed by atoms with van der Waals surface area (Å²) in [6.45, 7) is 2.09. The molecule has 0 radical (unpaired) electrons. The van der Waals surface area contributed by atoms with Crippen LogP contribution in [0.3, 0.4) is 0 Å². The molecular formula is C20H18N2O4S. The first-order chi connectivity index (χ1) is 12.9. The molecule has 138 valence electrons. The molecule has 0 bridgehead atoms. The van der Waals surface area contributed by atoms with Crippen molar-refractivity contribution in [2.45, 2.75) is 13.5 Å². The molecule has 1 heterocycles. The number of ether oxygens (including phenoxy) is 1. The van der Waals surface area contributed by atoms with Crippen molar-refractivity contribution < 1.29 is 19.1 Å². The average Bonchev–Trinajstić information content (AvgIpc) is 2.89. The van der Waals surface area contributed by atoms with E-state index in [4.69, 9.17) is 10.5 Å². The quantitative estimate of drug-likeness (QED) is 0.776. The largest absolute Gasteiger partial charge is 0.489 e. The molecule has 1 fully saturated rings. The second-order valence-electron chi connectivity index (χ2n) is 6.08. The molecule has 0 aliphatic carbocycles. The first-order valence-electron chi connectivity index (χ1n) is 8.24. The van der Waals surface area contributed by atoms with Crippen LogP contribution in [0.2, 0.25) is 0 Å². The van der Waals surface area contributed by atoms with Crippen LogP contribution in [0.15, 0.2) is 53.4 Å². The number of imide groups is 1. The smallest absolute Gasteiger partial charge is 0.294 e. The monoisotopic (exact) mass is 382 g/mol. The van der Waals surface area contributed by atoms with Crippen molar-refractivity contribution in [1.82, 2.24) is 4.90 Å². The minimum atomic E-state index is -0.728. The second kappa shape index (κ2) is 8.09. The Hall–Kier alpha value is -3.06. The summed E-state index contributed by atoms with van der Waals surface area (Å²) in [4.78, 5) is 36.1. The van der Waals surface area contributed by atoms with Gasteiger partial charge >= 0.3 is 0 Å². The number of primary amides is 1. The Morgan fingerprint density at radius 1 is 1.11 bits per heavy atom. The van der Waals surface area contributed by atoms with E-state index in [9.17, 15) is 14.4 Å². The Morgan fingerprint density at radius 2 is 1.78 bits per heavy atom. The third kappa shape index (κ3) is 4.77. The topological polar surface area (TPSA) is 89.7 Å². The molecule has 1 aliphatic rings. The fourth-order valence-electron chi connectivity index (χ4n) is 2.45. The Balaban J connectivity index is 1.64. The van der Waals surface area contributed by atoms with Gasteiger partial charge in [-0.15, -0.1) is 0 Å². The van der Waals surface area contributed by atoms with Gasteiger partial charge in [0.05, 0.1) is 4.91 Å². The number of nitrogens with zero attached hydrogens (tertiary/aromatic N) is 1. The van der Waals surface area contributed by atoms with E-state index in [0.29, 0.717) is 12.4 Å². The maximum absolute atomic E-state index is 12.2. The standard InChI is InChI=1S/C20H18N2O4S/c1-13-2-4-15(5-3-13)12-26-16-8-6-14(7-9-16)10-17-19(24)22(11-18(21)23)20(25)27-17/h2-10H,11-12H2,1H3,(H2,21,23)/b17-10-. The molecule has 0 atom stereocenters. The Bertz CT molecular complexity index is 905. The number of nitrogens with two attached hydrogens (primary N) is 1. The average molecular weight is 382 g/mol. The van der Waals surface area contributed by atoms with Gasteiger partial charge in [-0.3, -0.25) is 19.3 Å². The molecule has 2 aromatic carbocycles. The van der Waals surface area contributed by atoms with Gasteiger partial charge in [-0.2, -0.15) is 0 Å². The van der Waals surface area contributed by atoms with Gasteiger partial charge in [0.2, 0.25) is 5.91 Å². The molecule has 1 aliphatic heterocycles. The molecule has 0 spiro atoms. The zero-order valence-corrected chi connectivity index (χ0v) is 15.5. The van der Waals surface area contributed by atoms with Crippen molar-refractivity contribution in [1.29, 1.82) is 0 Å². The normalized spacial score (nSPS) is 15.4. The van der Waals surface area contributed by atoms with Crippen LogP contribution < -0.4 is 10.5 Å². The third-order valence-electron chi connectivity index (χ3n) is 3.89. The maximum Gasteiger partial charge on any atom is 0.294 e. The lowest BCUT2D eigenvalue weighted by Crippen LogP contribution is -2.36. The van der Waals surface area contributed by atoms with Crippen molar-refractivity contribution in [2.24, 2.45) is 5.73 Å². The highest BCUT2D eigenvalue weighted by molar-refractivity contribution is 8.18. The fraction of sp³-hybridized carbons (Fsp3) is 0.150. The van der Waals surface area contributed by atoms with E-state index < -0.39 is 23.6 Å². The minimum absolute atomic E-state index is 0.259. The number of hydrogen-bond acceptors (Lipinski definition) is 5. The van der Waals surface area contributed by atoms with E-state index in [2.05, 4.69) is 0 Å². The summed E-state index contributed by atoms with van der Waals surface area (Å²) in [7, 11) is 0. The van der Waals surface area contributed by atoms with Gasteiger partial charge in [-0.25, -0.2) is 0 Å². The second-order valence-corrected chi connectivity index (χ2v) is 7.07. The summed E-state index contributed by atoms with van der Waals surface area (Å²) >= 11 is 0.791. The van der Waals surface area contributed by atoms with Gasteiger partial charge in [0.25, 0.3) is 11.1 Å². The van der Waals surface area contributed by atoms with E-state index in [-0.39, 0.29) is 4.91 Å². The predicted octanol–water partition coefficient (Wildman–Crippen LogP) is 3.10. The first kappa shape index (κ1) is 18.7. The van der Waals surface area contributed by atoms with Gasteiger partial charge in [0, 0.05) is 0 Å². The number of hydrogen-bond donors (Lipinski definition) is 1. The van der Waals surface area contributed by atoms with Crippen molar-refractivity contribution in [2.75, 3.05) is 6.54 Å². The van der Waals surface area contributed by atoms with Crippen LogP contribution in [0.4, 0.5) is 4.79 Å².